The number of nitrogens with zero attached hydrogens (tertiary/aromatic N) is 5. The first-order chi connectivity index (χ1) is 11.8. The van der Waals surface area contributed by atoms with E-state index in [2.05, 4.69) is 15.1 Å². The molecule has 118 valence electrons. The molecule has 0 amide bonds. The monoisotopic (exact) mass is 317 g/mol. The minimum Gasteiger partial charge on any atom is -0.267 e. The molecule has 6 nitrogen and oxygen atoms in total. The van der Waals surface area contributed by atoms with Gasteiger partial charge in [0.1, 0.15) is 0 Å². The highest BCUT2D eigenvalue weighted by Gasteiger charge is 2.11. The maximum Gasteiger partial charge on any atom is 0.271 e. The lowest BCUT2D eigenvalue weighted by Gasteiger charge is -2.11. The van der Waals surface area contributed by atoms with Crippen LogP contribution in [0, 0.1) is 0 Å². The lowest BCUT2D eigenvalue weighted by molar-refractivity contribution is 0.794. The van der Waals surface area contributed by atoms with Gasteiger partial charge in [0, 0.05) is 23.1 Å². The smallest absolute Gasteiger partial charge is 0.267 e. The number of para-hydroxylation sites is 1. The number of azide groups is 1. The van der Waals surface area contributed by atoms with Crippen molar-refractivity contribution in [3.63, 3.8) is 0 Å². The zero-order chi connectivity index (χ0) is 16.8. The highest BCUT2D eigenvalue weighted by Crippen LogP contribution is 2.21. The second-order valence-electron chi connectivity index (χ2n) is 5.17. The summed E-state index contributed by atoms with van der Waals surface area (Å²) < 4.78 is 1.39. The van der Waals surface area contributed by atoms with Crippen molar-refractivity contribution in [2.75, 3.05) is 6.54 Å². The van der Waals surface area contributed by atoms with Gasteiger partial charge in [0.05, 0.1) is 11.4 Å². The fourth-order valence-corrected chi connectivity index (χ4v) is 2.49. The summed E-state index contributed by atoms with van der Waals surface area (Å²) in [4.78, 5) is 15.2. The Bertz CT molecular complexity index is 929. The van der Waals surface area contributed by atoms with E-state index >= 15 is 0 Å². The van der Waals surface area contributed by atoms with Crippen molar-refractivity contribution in [2.24, 2.45) is 5.11 Å². The van der Waals surface area contributed by atoms with E-state index in [1.165, 1.54) is 4.68 Å². The zero-order valence-electron chi connectivity index (χ0n) is 12.9. The minimum absolute atomic E-state index is 0.211. The second-order valence-corrected chi connectivity index (χ2v) is 5.17. The van der Waals surface area contributed by atoms with Gasteiger partial charge in [-0.3, -0.25) is 4.79 Å². The van der Waals surface area contributed by atoms with Crippen LogP contribution in [-0.4, -0.2) is 16.3 Å². The van der Waals surface area contributed by atoms with Gasteiger partial charge < -0.3 is 0 Å². The number of hydrogen-bond donors (Lipinski definition) is 0. The highest BCUT2D eigenvalue weighted by molar-refractivity contribution is 5.62. The molecule has 3 rings (SSSR count). The lowest BCUT2D eigenvalue weighted by atomic mass is 10.0. The molecule has 2 aromatic carbocycles. The number of rotatable bonds is 5. The molecule has 0 aliphatic heterocycles. The molecule has 0 atom stereocenters. The Kier molecular flexibility index (Phi) is 4.70. The molecule has 0 aliphatic carbocycles. The molecule has 1 aromatic heterocycles. The molecule has 24 heavy (non-hydrogen) atoms. The first-order valence-electron chi connectivity index (χ1n) is 7.54. The molecule has 0 fully saturated rings. The average molecular weight is 317 g/mol. The fraction of sp³-hybridized carbons (Fsp3) is 0.111. The van der Waals surface area contributed by atoms with E-state index in [1.807, 2.05) is 60.7 Å². The van der Waals surface area contributed by atoms with E-state index in [0.29, 0.717) is 17.8 Å². The summed E-state index contributed by atoms with van der Waals surface area (Å²) in [5.74, 6) is 0. The molecular weight excluding hydrogens is 302 g/mol. The van der Waals surface area contributed by atoms with Crippen LogP contribution in [0.25, 0.3) is 27.4 Å². The van der Waals surface area contributed by atoms with Gasteiger partial charge in [0.15, 0.2) is 0 Å². The van der Waals surface area contributed by atoms with Gasteiger partial charge in [-0.2, -0.15) is 9.78 Å². The van der Waals surface area contributed by atoms with Gasteiger partial charge in [0.2, 0.25) is 0 Å². The van der Waals surface area contributed by atoms with Crippen molar-refractivity contribution in [1.29, 1.82) is 0 Å². The normalized spacial score (nSPS) is 10.2. The van der Waals surface area contributed by atoms with Crippen LogP contribution in [0.15, 0.2) is 76.6 Å². The number of hydrogen-bond acceptors (Lipinski definition) is 3. The van der Waals surface area contributed by atoms with Gasteiger partial charge in [-0.1, -0.05) is 53.6 Å². The third-order valence-corrected chi connectivity index (χ3v) is 3.60. The first kappa shape index (κ1) is 15.5. The lowest BCUT2D eigenvalue weighted by Crippen LogP contribution is -2.22. The summed E-state index contributed by atoms with van der Waals surface area (Å²) in [7, 11) is 0. The van der Waals surface area contributed by atoms with Crippen LogP contribution < -0.4 is 5.56 Å². The largest absolute Gasteiger partial charge is 0.271 e. The molecule has 0 aliphatic rings. The van der Waals surface area contributed by atoms with E-state index in [-0.39, 0.29) is 12.1 Å². The first-order valence-corrected chi connectivity index (χ1v) is 7.54. The number of benzene rings is 2. The summed E-state index contributed by atoms with van der Waals surface area (Å²) in [6, 6.07) is 20.5. The molecule has 6 heteroatoms. The predicted molar refractivity (Wildman–Crippen MR) is 93.0 cm³/mol. The molecule has 0 radical (unpaired) electrons. The van der Waals surface area contributed by atoms with Crippen molar-refractivity contribution >= 4 is 0 Å². The molecule has 0 unspecified atom stereocenters. The Morgan fingerprint density at radius 2 is 1.71 bits per heavy atom. The second kappa shape index (κ2) is 7.26. The van der Waals surface area contributed by atoms with Crippen LogP contribution in [-0.2, 0) is 6.42 Å². The van der Waals surface area contributed by atoms with E-state index < -0.39 is 0 Å². The summed E-state index contributed by atoms with van der Waals surface area (Å²) in [6.07, 6.45) is 0.464. The van der Waals surface area contributed by atoms with E-state index in [4.69, 9.17) is 5.53 Å². The van der Waals surface area contributed by atoms with Crippen molar-refractivity contribution in [3.05, 3.63) is 93.1 Å². The molecule has 0 N–H and O–H groups in total. The summed E-state index contributed by atoms with van der Waals surface area (Å²) in [6.45, 7) is 0.285. The molecule has 0 bridgehead atoms. The third-order valence-electron chi connectivity index (χ3n) is 3.60. The fourth-order valence-electron chi connectivity index (χ4n) is 2.49. The van der Waals surface area contributed by atoms with E-state index in [9.17, 15) is 4.79 Å². The number of aromatic nitrogens is 2. The quantitative estimate of drug-likeness (QED) is 0.408. The summed E-state index contributed by atoms with van der Waals surface area (Å²) in [5, 5.41) is 8.12. The molecule has 1 heterocycles. The van der Waals surface area contributed by atoms with Crippen LogP contribution in [0.4, 0.5) is 0 Å². The van der Waals surface area contributed by atoms with Crippen molar-refractivity contribution in [1.82, 2.24) is 9.78 Å². The van der Waals surface area contributed by atoms with Crippen molar-refractivity contribution in [3.8, 4) is 16.9 Å². The highest BCUT2D eigenvalue weighted by atomic mass is 16.1. The Balaban J connectivity index is 2.15. The van der Waals surface area contributed by atoms with Crippen LogP contribution in [0.1, 0.15) is 5.56 Å². The van der Waals surface area contributed by atoms with Crippen LogP contribution >= 0.6 is 0 Å². The molecule has 0 saturated heterocycles. The van der Waals surface area contributed by atoms with Crippen molar-refractivity contribution in [2.45, 2.75) is 6.42 Å². The van der Waals surface area contributed by atoms with Crippen LogP contribution in [0.5, 0.6) is 0 Å². The topological polar surface area (TPSA) is 83.7 Å². The van der Waals surface area contributed by atoms with Gasteiger partial charge in [-0.25, -0.2) is 0 Å². The standard InChI is InChI=1S/C18H15N5O/c19-22-20-12-11-15-13-17(24)23(16-9-5-2-6-10-16)21-18(15)14-7-3-1-4-8-14/h1-10,13H,11-12H2. The van der Waals surface area contributed by atoms with Gasteiger partial charge in [-0.05, 0) is 29.6 Å². The molecular formula is C18H15N5O. The Morgan fingerprint density at radius 1 is 1.04 bits per heavy atom. The Hall–Kier alpha value is -3.37. The minimum atomic E-state index is -0.211. The van der Waals surface area contributed by atoms with Crippen molar-refractivity contribution < 1.29 is 0 Å². The van der Waals surface area contributed by atoms with Gasteiger partial charge >= 0.3 is 0 Å². The molecule has 0 spiro atoms. The third kappa shape index (κ3) is 3.34. The maximum atomic E-state index is 12.5. The van der Waals surface area contributed by atoms with Crippen LogP contribution in [0.3, 0.4) is 0 Å². The van der Waals surface area contributed by atoms with Crippen LogP contribution in [0.2, 0.25) is 0 Å². The summed E-state index contributed by atoms with van der Waals surface area (Å²) >= 11 is 0. The van der Waals surface area contributed by atoms with Gasteiger partial charge in [0.25, 0.3) is 5.56 Å². The average Bonchev–Trinajstić information content (AvgIpc) is 2.63. The summed E-state index contributed by atoms with van der Waals surface area (Å²) in [5.41, 5.74) is 11.4. The Labute approximate surface area is 138 Å². The molecule has 0 saturated carbocycles. The SMILES string of the molecule is [N-]=[N+]=NCCc1cc(=O)n(-c2ccccc2)nc1-c1ccccc1. The van der Waals surface area contributed by atoms with E-state index in [1.54, 1.807) is 6.07 Å². The molecule has 3 aromatic rings. The van der Waals surface area contributed by atoms with Gasteiger partial charge in [-0.15, -0.1) is 0 Å². The zero-order valence-corrected chi connectivity index (χ0v) is 12.9. The maximum absolute atomic E-state index is 12.5. The predicted octanol–water partition coefficient (Wildman–Crippen LogP) is 3.75. The van der Waals surface area contributed by atoms with E-state index in [0.717, 1.165) is 11.1 Å². The Morgan fingerprint density at radius 3 is 2.38 bits per heavy atom.